The Hall–Kier alpha value is -0.540. The van der Waals surface area contributed by atoms with Gasteiger partial charge in [-0.25, -0.2) is 0 Å². The topological polar surface area (TPSA) is 60.7 Å². The molecule has 0 aromatic carbocycles. The van der Waals surface area contributed by atoms with Gasteiger partial charge in [0.2, 0.25) is 0 Å². The lowest BCUT2D eigenvalue weighted by Gasteiger charge is -2.20. The maximum absolute atomic E-state index is 9.41. The van der Waals surface area contributed by atoms with Crippen LogP contribution in [-0.2, 0) is 0 Å². The van der Waals surface area contributed by atoms with E-state index in [4.69, 9.17) is 10.2 Å². The molecule has 0 aliphatic carbocycles. The highest BCUT2D eigenvalue weighted by Gasteiger charge is 2.19. The Morgan fingerprint density at radius 3 is 2.40 bits per heavy atom. The van der Waals surface area contributed by atoms with Crippen LogP contribution in [0.2, 0.25) is 0 Å². The highest BCUT2D eigenvalue weighted by molar-refractivity contribution is 4.96. The summed E-state index contributed by atoms with van der Waals surface area (Å²) in [4.78, 5) is 0. The molecule has 10 heavy (non-hydrogen) atoms. The lowest BCUT2D eigenvalue weighted by molar-refractivity contribution is 0.0558. The number of hydrogen-bond acceptors (Lipinski definition) is 3. The summed E-state index contributed by atoms with van der Waals surface area (Å²) in [6.45, 7) is 1.71. The van der Waals surface area contributed by atoms with Crippen molar-refractivity contribution in [1.82, 2.24) is 0 Å². The van der Waals surface area contributed by atoms with Crippen LogP contribution in [0.1, 0.15) is 19.8 Å². The van der Waals surface area contributed by atoms with Crippen molar-refractivity contribution in [3.8, 4) is 0 Å². The molecule has 0 saturated carbocycles. The minimum absolute atomic E-state index is 0.0747. The molecule has 0 rings (SSSR count). The van der Waals surface area contributed by atoms with E-state index < -0.39 is 5.60 Å². The minimum atomic E-state index is -1.04. The van der Waals surface area contributed by atoms with Crippen molar-refractivity contribution < 1.29 is 15.3 Å². The maximum atomic E-state index is 9.41. The molecule has 3 N–H and O–H groups in total. The van der Waals surface area contributed by atoms with Crippen molar-refractivity contribution in [2.24, 2.45) is 0 Å². The van der Waals surface area contributed by atoms with Gasteiger partial charge in [0.05, 0.1) is 11.9 Å². The van der Waals surface area contributed by atoms with Crippen LogP contribution >= 0.6 is 0 Å². The Morgan fingerprint density at radius 2 is 2.10 bits per heavy atom. The van der Waals surface area contributed by atoms with Crippen LogP contribution in [0.15, 0.2) is 12.3 Å². The van der Waals surface area contributed by atoms with Crippen LogP contribution in [0.25, 0.3) is 0 Å². The second-order valence-corrected chi connectivity index (χ2v) is 2.25. The first-order valence-corrected chi connectivity index (χ1v) is 3.33. The van der Waals surface area contributed by atoms with Gasteiger partial charge in [-0.15, -0.1) is 0 Å². The van der Waals surface area contributed by atoms with Crippen molar-refractivity contribution in [3.63, 3.8) is 0 Å². The SMILES string of the molecule is CCC(O)(C=CO)CCO. The van der Waals surface area contributed by atoms with Crippen LogP contribution < -0.4 is 0 Å². The minimum Gasteiger partial charge on any atom is -0.516 e. The van der Waals surface area contributed by atoms with Gasteiger partial charge in [-0.2, -0.15) is 0 Å². The maximum Gasteiger partial charge on any atom is 0.0879 e. The summed E-state index contributed by atoms with van der Waals surface area (Å²) in [6, 6.07) is 0. The van der Waals surface area contributed by atoms with Crippen LogP contribution in [0.4, 0.5) is 0 Å². The molecule has 3 nitrogen and oxygen atoms in total. The Balaban J connectivity index is 3.94. The molecule has 0 fully saturated rings. The molecule has 60 valence electrons. The van der Waals surface area contributed by atoms with Crippen LogP contribution in [0, 0.1) is 0 Å². The first-order chi connectivity index (χ1) is 4.68. The van der Waals surface area contributed by atoms with Gasteiger partial charge in [0.25, 0.3) is 0 Å². The van der Waals surface area contributed by atoms with Crippen molar-refractivity contribution in [3.05, 3.63) is 12.3 Å². The summed E-state index contributed by atoms with van der Waals surface area (Å²) in [5, 5.41) is 26.2. The zero-order chi connectivity index (χ0) is 8.04. The molecule has 1 atom stereocenters. The third-order valence-electron chi connectivity index (χ3n) is 1.54. The summed E-state index contributed by atoms with van der Waals surface area (Å²) in [5.74, 6) is 0. The third kappa shape index (κ3) is 2.85. The predicted molar refractivity (Wildman–Crippen MR) is 38.7 cm³/mol. The van der Waals surface area contributed by atoms with Gasteiger partial charge in [0.1, 0.15) is 0 Å². The Bertz CT molecular complexity index is 111. The zero-order valence-corrected chi connectivity index (χ0v) is 6.12. The summed E-state index contributed by atoms with van der Waals surface area (Å²) in [5.41, 5.74) is -1.04. The normalized spacial score (nSPS) is 17.5. The quantitative estimate of drug-likeness (QED) is 0.508. The monoisotopic (exact) mass is 146 g/mol. The lowest BCUT2D eigenvalue weighted by atomic mass is 9.97. The van der Waals surface area contributed by atoms with E-state index in [-0.39, 0.29) is 13.0 Å². The van der Waals surface area contributed by atoms with Gasteiger partial charge in [0, 0.05) is 13.0 Å². The largest absolute Gasteiger partial charge is 0.516 e. The number of hydrogen-bond donors (Lipinski definition) is 3. The van der Waals surface area contributed by atoms with Gasteiger partial charge in [0.15, 0.2) is 0 Å². The van der Waals surface area contributed by atoms with E-state index in [0.717, 1.165) is 6.26 Å². The summed E-state index contributed by atoms with van der Waals surface area (Å²) >= 11 is 0. The fraction of sp³-hybridized carbons (Fsp3) is 0.714. The average molecular weight is 146 g/mol. The van der Waals surface area contributed by atoms with Gasteiger partial charge >= 0.3 is 0 Å². The first kappa shape index (κ1) is 9.46. The van der Waals surface area contributed by atoms with E-state index in [2.05, 4.69) is 0 Å². The molecule has 1 unspecified atom stereocenters. The van der Waals surface area contributed by atoms with Crippen molar-refractivity contribution in [2.45, 2.75) is 25.4 Å². The fourth-order valence-electron chi connectivity index (χ4n) is 0.710. The number of aliphatic hydroxyl groups is 3. The lowest BCUT2D eigenvalue weighted by Crippen LogP contribution is -2.25. The molecule has 0 amide bonds. The molecule has 0 heterocycles. The Morgan fingerprint density at radius 1 is 1.50 bits per heavy atom. The molecule has 0 aliphatic rings. The van der Waals surface area contributed by atoms with Crippen LogP contribution in [0.5, 0.6) is 0 Å². The smallest absolute Gasteiger partial charge is 0.0879 e. The predicted octanol–water partition coefficient (Wildman–Crippen LogP) is 0.582. The Labute approximate surface area is 60.6 Å². The zero-order valence-electron chi connectivity index (χ0n) is 6.12. The van der Waals surface area contributed by atoms with Crippen LogP contribution in [0.3, 0.4) is 0 Å². The van der Waals surface area contributed by atoms with Gasteiger partial charge < -0.3 is 15.3 Å². The Kier molecular flexibility index (Phi) is 4.07. The van der Waals surface area contributed by atoms with E-state index in [1.807, 2.05) is 0 Å². The first-order valence-electron chi connectivity index (χ1n) is 3.33. The van der Waals surface area contributed by atoms with Crippen molar-refractivity contribution >= 4 is 0 Å². The van der Waals surface area contributed by atoms with E-state index in [1.165, 1.54) is 6.08 Å². The standard InChI is InChI=1S/C7H14O3/c1-2-7(10,3-5-8)4-6-9/h3,5,8-10H,2,4,6H2,1H3. The van der Waals surface area contributed by atoms with Crippen molar-refractivity contribution in [1.29, 1.82) is 0 Å². The van der Waals surface area contributed by atoms with Gasteiger partial charge in [-0.05, 0) is 12.5 Å². The summed E-state index contributed by atoms with van der Waals surface area (Å²) in [7, 11) is 0. The third-order valence-corrected chi connectivity index (χ3v) is 1.54. The molecular weight excluding hydrogens is 132 g/mol. The molecule has 0 aliphatic heterocycles. The molecular formula is C7H14O3. The molecule has 0 spiro atoms. The van der Waals surface area contributed by atoms with Gasteiger partial charge in [-0.1, -0.05) is 6.92 Å². The molecule has 3 heteroatoms. The van der Waals surface area contributed by atoms with E-state index in [1.54, 1.807) is 6.92 Å². The highest BCUT2D eigenvalue weighted by Crippen LogP contribution is 2.15. The molecule has 0 bridgehead atoms. The van der Waals surface area contributed by atoms with Crippen LogP contribution in [-0.4, -0.2) is 27.5 Å². The molecule has 0 saturated heterocycles. The fourth-order valence-corrected chi connectivity index (χ4v) is 0.710. The second-order valence-electron chi connectivity index (χ2n) is 2.25. The molecule has 0 radical (unpaired) electrons. The summed E-state index contributed by atoms with van der Waals surface area (Å²) < 4.78 is 0. The average Bonchev–Trinajstić information content (AvgIpc) is 1.89. The van der Waals surface area contributed by atoms with E-state index >= 15 is 0 Å². The molecule has 0 aromatic rings. The van der Waals surface area contributed by atoms with E-state index in [9.17, 15) is 5.11 Å². The number of aliphatic hydroxyl groups excluding tert-OH is 2. The summed E-state index contributed by atoms with van der Waals surface area (Å²) in [6.07, 6.45) is 2.84. The van der Waals surface area contributed by atoms with Gasteiger partial charge in [-0.3, -0.25) is 0 Å². The second kappa shape index (κ2) is 4.30. The van der Waals surface area contributed by atoms with Crippen molar-refractivity contribution in [2.75, 3.05) is 6.61 Å². The molecule has 0 aromatic heterocycles. The van der Waals surface area contributed by atoms with E-state index in [0.29, 0.717) is 6.42 Å². The number of rotatable bonds is 4. The highest BCUT2D eigenvalue weighted by atomic mass is 16.3.